The molecule has 0 saturated heterocycles. The Labute approximate surface area is 227 Å². The molecule has 0 aliphatic heterocycles. The van der Waals surface area contributed by atoms with Crippen molar-refractivity contribution in [3.63, 3.8) is 0 Å². The van der Waals surface area contributed by atoms with E-state index in [9.17, 15) is 31.1 Å². The summed E-state index contributed by atoms with van der Waals surface area (Å²) < 4.78 is 63.5. The van der Waals surface area contributed by atoms with Crippen molar-refractivity contribution in [1.29, 1.82) is 0 Å². The Morgan fingerprint density at radius 1 is 0.875 bits per heavy atom. The quantitative estimate of drug-likeness (QED) is 0.200. The fourth-order valence-corrected chi connectivity index (χ4v) is 4.11. The van der Waals surface area contributed by atoms with Crippen LogP contribution in [0.25, 0.3) is 6.08 Å². The van der Waals surface area contributed by atoms with Gasteiger partial charge in [-0.05, 0) is 63.5 Å². The number of rotatable bonds is 9. The smallest absolute Gasteiger partial charge is 0.481 e. The van der Waals surface area contributed by atoms with Crippen molar-refractivity contribution in [2.45, 2.75) is 82.3 Å². The Hall–Kier alpha value is -3.13. The van der Waals surface area contributed by atoms with Gasteiger partial charge in [-0.15, -0.1) is 0 Å². The number of hydrogen-bond donors (Lipinski definition) is 5. The average Bonchev–Trinajstić information content (AvgIpc) is 3.62. The van der Waals surface area contributed by atoms with Crippen molar-refractivity contribution in [1.82, 2.24) is 10.6 Å². The maximum absolute atomic E-state index is 10.6. The minimum absolute atomic E-state index is 0.267. The van der Waals surface area contributed by atoms with Crippen LogP contribution in [-0.2, 0) is 14.4 Å². The molecule has 0 amide bonds. The molecule has 1 aromatic rings. The van der Waals surface area contributed by atoms with Gasteiger partial charge < -0.3 is 26.0 Å². The van der Waals surface area contributed by atoms with Crippen LogP contribution in [0.15, 0.2) is 35.9 Å². The van der Waals surface area contributed by atoms with Crippen molar-refractivity contribution >= 4 is 24.0 Å². The van der Waals surface area contributed by atoms with Gasteiger partial charge in [0.05, 0.1) is 0 Å². The molecule has 2 fully saturated rings. The lowest BCUT2D eigenvalue weighted by molar-refractivity contribution is -0.193. The predicted molar refractivity (Wildman–Crippen MR) is 133 cm³/mol. The number of nitrogens with one attached hydrogen (secondary N) is 2. The second-order valence-corrected chi connectivity index (χ2v) is 9.52. The molecule has 2 atom stereocenters. The Kier molecular flexibility index (Phi) is 14.1. The van der Waals surface area contributed by atoms with Crippen molar-refractivity contribution < 1.29 is 56.0 Å². The number of carboxylic acid groups (broad SMARTS) is 3. The van der Waals surface area contributed by atoms with E-state index in [1.807, 2.05) is 0 Å². The molecule has 0 spiro atoms. The molecule has 5 N–H and O–H groups in total. The maximum Gasteiger partial charge on any atom is 0.490 e. The minimum Gasteiger partial charge on any atom is -0.481 e. The minimum atomic E-state index is -5.08. The van der Waals surface area contributed by atoms with E-state index in [0.717, 1.165) is 13.0 Å². The summed E-state index contributed by atoms with van der Waals surface area (Å²) in [6.45, 7) is 3.08. The summed E-state index contributed by atoms with van der Waals surface area (Å²) in [5.74, 6) is -5.52. The Morgan fingerprint density at radius 2 is 1.35 bits per heavy atom. The summed E-state index contributed by atoms with van der Waals surface area (Å²) in [5.41, 5.74) is 2.78. The number of hydrogen-bond acceptors (Lipinski definition) is 5. The predicted octanol–water partition coefficient (Wildman–Crippen LogP) is 5.10. The van der Waals surface area contributed by atoms with E-state index in [2.05, 4.69) is 54.0 Å². The van der Waals surface area contributed by atoms with E-state index < -0.39 is 30.3 Å². The lowest BCUT2D eigenvalue weighted by Gasteiger charge is -2.30. The Balaban J connectivity index is 0.000000473. The van der Waals surface area contributed by atoms with Crippen LogP contribution in [0.3, 0.4) is 0 Å². The first-order valence-corrected chi connectivity index (χ1v) is 12.5. The van der Waals surface area contributed by atoms with Gasteiger partial charge in [0.25, 0.3) is 0 Å². The zero-order valence-corrected chi connectivity index (χ0v) is 21.8. The van der Waals surface area contributed by atoms with Gasteiger partial charge in [-0.25, -0.2) is 9.59 Å². The van der Waals surface area contributed by atoms with Gasteiger partial charge in [0.2, 0.25) is 0 Å². The van der Waals surface area contributed by atoms with Crippen LogP contribution >= 0.6 is 0 Å². The van der Waals surface area contributed by atoms with Crippen LogP contribution in [0, 0.1) is 5.92 Å². The maximum atomic E-state index is 10.6. The van der Waals surface area contributed by atoms with E-state index in [0.29, 0.717) is 24.0 Å². The first kappa shape index (κ1) is 34.9. The van der Waals surface area contributed by atoms with Crippen LogP contribution in [0.4, 0.5) is 26.3 Å². The molecule has 0 unspecified atom stereocenters. The summed E-state index contributed by atoms with van der Waals surface area (Å²) in [6.07, 6.45) is -0.746. The molecule has 8 nitrogen and oxygen atoms in total. The third-order valence-corrected chi connectivity index (χ3v) is 6.23. The zero-order valence-electron chi connectivity index (χ0n) is 21.8. The number of carbonyl (C=O) groups is 3. The first-order chi connectivity index (χ1) is 18.5. The molecule has 14 heteroatoms. The molecule has 40 heavy (non-hydrogen) atoms. The van der Waals surface area contributed by atoms with Crippen molar-refractivity contribution in [3.05, 3.63) is 41.5 Å². The highest BCUT2D eigenvalue weighted by Crippen LogP contribution is 2.39. The monoisotopic (exact) mass is 584 g/mol. The molecule has 2 aliphatic carbocycles. The SMILES string of the molecule is CC(=Cc1ccccc1)[C@@H]1C[C@H]1N[C@H]1CC[C@H](NCCCC(=O)O)CC1.O=C(O)C(F)(F)F.O=C(O)C(F)(F)F. The molecule has 226 valence electrons. The molecule has 2 aliphatic rings. The molecule has 0 aromatic heterocycles. The standard InChI is InChI=1S/C22H32N2O2.2C2HF3O2/c1-16(14-17-6-3-2-4-7-17)20-15-21(20)24-19-11-9-18(10-12-19)23-13-5-8-22(25)26;2*3-2(4,5)1(6)7/h2-4,6-7,14,18-21,23-24H,5,8-13,15H2,1H3,(H,25,26);2*(H,6,7)/t18-,19-,20-,21+;;/m0../s1. The fourth-order valence-electron chi connectivity index (χ4n) is 4.11. The number of carboxylic acids is 3. The second-order valence-electron chi connectivity index (χ2n) is 9.52. The zero-order chi connectivity index (χ0) is 30.5. The van der Waals surface area contributed by atoms with Crippen molar-refractivity contribution in [3.8, 4) is 0 Å². The second kappa shape index (κ2) is 16.2. The van der Waals surface area contributed by atoms with E-state index in [4.69, 9.17) is 24.9 Å². The van der Waals surface area contributed by atoms with E-state index in [-0.39, 0.29) is 6.42 Å². The van der Waals surface area contributed by atoms with Crippen LogP contribution in [0.5, 0.6) is 0 Å². The molecule has 2 saturated carbocycles. The number of halogens is 6. The average molecular weight is 585 g/mol. The molecule has 3 rings (SSSR count). The highest BCUT2D eigenvalue weighted by molar-refractivity contribution is 5.73. The number of benzene rings is 1. The summed E-state index contributed by atoms with van der Waals surface area (Å²) in [6, 6.07) is 12.4. The van der Waals surface area contributed by atoms with Crippen LogP contribution in [0.2, 0.25) is 0 Å². The van der Waals surface area contributed by atoms with Gasteiger partial charge in [-0.2, -0.15) is 26.3 Å². The van der Waals surface area contributed by atoms with Crippen LogP contribution in [0.1, 0.15) is 57.4 Å². The number of alkyl halides is 6. The third-order valence-electron chi connectivity index (χ3n) is 6.23. The van der Waals surface area contributed by atoms with Gasteiger partial charge in [-0.3, -0.25) is 4.79 Å². The number of aliphatic carboxylic acids is 3. The highest BCUT2D eigenvalue weighted by atomic mass is 19.4. The summed E-state index contributed by atoms with van der Waals surface area (Å²) in [5, 5.41) is 30.3. The highest BCUT2D eigenvalue weighted by Gasteiger charge is 2.40. The topological polar surface area (TPSA) is 136 Å². The molecular formula is C26H34F6N2O6. The van der Waals surface area contributed by atoms with E-state index >= 15 is 0 Å². The van der Waals surface area contributed by atoms with Gasteiger partial charge in [0.15, 0.2) is 0 Å². The Morgan fingerprint density at radius 3 is 1.80 bits per heavy atom. The molecule has 0 heterocycles. The summed E-state index contributed by atoms with van der Waals surface area (Å²) in [7, 11) is 0. The van der Waals surface area contributed by atoms with E-state index in [1.165, 1.54) is 43.2 Å². The van der Waals surface area contributed by atoms with E-state index in [1.54, 1.807) is 0 Å². The van der Waals surface area contributed by atoms with Crippen LogP contribution in [-0.4, -0.2) is 70.3 Å². The summed E-state index contributed by atoms with van der Waals surface area (Å²) >= 11 is 0. The summed E-state index contributed by atoms with van der Waals surface area (Å²) in [4.78, 5) is 28.3. The lowest BCUT2D eigenvalue weighted by Crippen LogP contribution is -2.41. The van der Waals surface area contributed by atoms with Gasteiger partial charge >= 0.3 is 30.3 Å². The molecular weight excluding hydrogens is 550 g/mol. The Bertz CT molecular complexity index is 952. The van der Waals surface area contributed by atoms with Gasteiger partial charge in [-0.1, -0.05) is 42.0 Å². The molecule has 0 bridgehead atoms. The van der Waals surface area contributed by atoms with Gasteiger partial charge in [0, 0.05) is 24.5 Å². The molecule has 1 aromatic carbocycles. The van der Waals surface area contributed by atoms with Crippen LogP contribution < -0.4 is 10.6 Å². The normalized spacial score (nSPS) is 22.6. The lowest BCUT2D eigenvalue weighted by atomic mass is 9.91. The first-order valence-electron chi connectivity index (χ1n) is 12.5. The van der Waals surface area contributed by atoms with Crippen molar-refractivity contribution in [2.75, 3.05) is 6.54 Å². The van der Waals surface area contributed by atoms with Gasteiger partial charge in [0.1, 0.15) is 0 Å². The molecule has 0 radical (unpaired) electrons. The largest absolute Gasteiger partial charge is 0.490 e. The fraction of sp³-hybridized carbons (Fsp3) is 0.577. The van der Waals surface area contributed by atoms with Crippen molar-refractivity contribution in [2.24, 2.45) is 5.92 Å². The third kappa shape index (κ3) is 14.9.